The van der Waals surface area contributed by atoms with Gasteiger partial charge < -0.3 is 10.4 Å². The van der Waals surface area contributed by atoms with Crippen LogP contribution in [0, 0.1) is 0 Å². The van der Waals surface area contributed by atoms with E-state index in [1.54, 1.807) is 13.2 Å². The van der Waals surface area contributed by atoms with Gasteiger partial charge >= 0.3 is 5.97 Å². The van der Waals surface area contributed by atoms with Crippen molar-refractivity contribution >= 4 is 17.6 Å². The van der Waals surface area contributed by atoms with E-state index >= 15 is 0 Å². The number of carboxylic acids is 1. The molecular weight excluding hydrogens is 240 g/mol. The topological polar surface area (TPSA) is 115 Å². The van der Waals surface area contributed by atoms with Gasteiger partial charge in [-0.3, -0.25) is 14.3 Å². The van der Waals surface area contributed by atoms with Crippen LogP contribution in [0.15, 0.2) is 18.6 Å². The van der Waals surface area contributed by atoms with Crippen LogP contribution in [0.4, 0.5) is 5.69 Å². The van der Waals surface area contributed by atoms with Gasteiger partial charge in [-0.1, -0.05) is 5.21 Å². The van der Waals surface area contributed by atoms with Crippen molar-refractivity contribution < 1.29 is 14.7 Å². The Labute approximate surface area is 101 Å². The smallest absolute Gasteiger partial charge is 0.325 e. The number of aliphatic carboxylic acids is 1. The minimum atomic E-state index is -1.06. The van der Waals surface area contributed by atoms with Crippen molar-refractivity contribution in [2.75, 3.05) is 5.32 Å². The Kier molecular flexibility index (Phi) is 3.04. The van der Waals surface area contributed by atoms with Gasteiger partial charge in [-0.25, -0.2) is 4.68 Å². The highest BCUT2D eigenvalue weighted by Crippen LogP contribution is 2.05. The molecule has 2 N–H and O–H groups in total. The second-order valence-corrected chi connectivity index (χ2v) is 3.55. The molecule has 9 heteroatoms. The highest BCUT2D eigenvalue weighted by Gasteiger charge is 2.12. The first-order valence-corrected chi connectivity index (χ1v) is 4.96. The number of carbonyl (C=O) groups is 2. The van der Waals surface area contributed by atoms with Crippen LogP contribution in [0.3, 0.4) is 0 Å². The number of nitrogens with zero attached hydrogens (tertiary/aromatic N) is 5. The quantitative estimate of drug-likeness (QED) is 0.745. The third-order valence-electron chi connectivity index (χ3n) is 2.03. The van der Waals surface area contributed by atoms with Gasteiger partial charge in [0.05, 0.1) is 18.1 Å². The van der Waals surface area contributed by atoms with Gasteiger partial charge in [-0.15, -0.1) is 5.10 Å². The summed E-state index contributed by atoms with van der Waals surface area (Å²) in [6.45, 7) is -0.340. The molecule has 0 atom stereocenters. The van der Waals surface area contributed by atoms with Crippen LogP contribution in [0.1, 0.15) is 10.5 Å². The molecule has 0 saturated heterocycles. The third kappa shape index (κ3) is 2.70. The summed E-state index contributed by atoms with van der Waals surface area (Å²) in [5, 5.41) is 22.1. The van der Waals surface area contributed by atoms with E-state index in [1.807, 2.05) is 0 Å². The molecule has 18 heavy (non-hydrogen) atoms. The first-order chi connectivity index (χ1) is 8.54. The first kappa shape index (κ1) is 11.8. The predicted octanol–water partition coefficient (Wildman–Crippen LogP) is -0.652. The Morgan fingerprint density at radius 2 is 2.22 bits per heavy atom. The summed E-state index contributed by atoms with van der Waals surface area (Å²) in [7, 11) is 1.72. The number of hydrogen-bond acceptors (Lipinski definition) is 5. The summed E-state index contributed by atoms with van der Waals surface area (Å²) < 4.78 is 2.61. The highest BCUT2D eigenvalue weighted by atomic mass is 16.4. The van der Waals surface area contributed by atoms with Gasteiger partial charge in [0.2, 0.25) is 0 Å². The van der Waals surface area contributed by atoms with Crippen molar-refractivity contribution in [1.82, 2.24) is 24.8 Å². The maximum absolute atomic E-state index is 11.7. The molecule has 0 bridgehead atoms. The summed E-state index contributed by atoms with van der Waals surface area (Å²) in [6, 6.07) is 0. The number of amides is 1. The Morgan fingerprint density at radius 3 is 2.83 bits per heavy atom. The molecule has 9 nitrogen and oxygen atoms in total. The number of nitrogens with one attached hydrogen (secondary N) is 1. The van der Waals surface area contributed by atoms with Crippen molar-refractivity contribution in [1.29, 1.82) is 0 Å². The SMILES string of the molecule is Cn1cc(NC(=O)c2cn(CC(=O)O)nn2)cn1. The molecule has 0 aromatic carbocycles. The number of anilines is 1. The summed E-state index contributed by atoms with van der Waals surface area (Å²) in [5.74, 6) is -1.53. The molecule has 2 heterocycles. The monoisotopic (exact) mass is 250 g/mol. The van der Waals surface area contributed by atoms with Gasteiger partial charge in [-0.2, -0.15) is 5.10 Å². The van der Waals surface area contributed by atoms with E-state index in [0.29, 0.717) is 5.69 Å². The van der Waals surface area contributed by atoms with Crippen LogP contribution in [-0.2, 0) is 18.4 Å². The van der Waals surface area contributed by atoms with E-state index in [-0.39, 0.29) is 12.2 Å². The molecule has 0 spiro atoms. The Balaban J connectivity index is 2.05. The maximum Gasteiger partial charge on any atom is 0.325 e. The van der Waals surface area contributed by atoms with E-state index < -0.39 is 11.9 Å². The van der Waals surface area contributed by atoms with Gasteiger partial charge in [-0.05, 0) is 0 Å². The zero-order valence-corrected chi connectivity index (χ0v) is 9.44. The Bertz CT molecular complexity index is 587. The summed E-state index contributed by atoms with van der Waals surface area (Å²) in [4.78, 5) is 22.2. The van der Waals surface area contributed by atoms with Crippen molar-refractivity contribution in [2.45, 2.75) is 6.54 Å². The predicted molar refractivity (Wildman–Crippen MR) is 58.8 cm³/mol. The number of carboxylic acid groups (broad SMARTS) is 1. The Morgan fingerprint density at radius 1 is 1.44 bits per heavy atom. The molecule has 2 rings (SSSR count). The molecule has 0 saturated carbocycles. The standard InChI is InChI=1S/C9H10N6O3/c1-14-3-6(2-10-14)11-9(18)7-4-15(13-12-7)5-8(16)17/h2-4H,5H2,1H3,(H,11,18)(H,16,17). The van der Waals surface area contributed by atoms with Crippen LogP contribution < -0.4 is 5.32 Å². The molecule has 2 aromatic rings. The number of aryl methyl sites for hydroxylation is 1. The maximum atomic E-state index is 11.7. The number of carbonyl (C=O) groups excluding carboxylic acids is 1. The van der Waals surface area contributed by atoms with Crippen LogP contribution >= 0.6 is 0 Å². The average molecular weight is 250 g/mol. The van der Waals surface area contributed by atoms with E-state index in [2.05, 4.69) is 20.7 Å². The largest absolute Gasteiger partial charge is 0.480 e. The van der Waals surface area contributed by atoms with Crippen LogP contribution in [-0.4, -0.2) is 41.8 Å². The molecule has 2 aromatic heterocycles. The third-order valence-corrected chi connectivity index (χ3v) is 2.03. The van der Waals surface area contributed by atoms with Crippen LogP contribution in [0.2, 0.25) is 0 Å². The Hall–Kier alpha value is -2.71. The highest BCUT2D eigenvalue weighted by molar-refractivity contribution is 6.02. The molecule has 0 unspecified atom stereocenters. The fourth-order valence-electron chi connectivity index (χ4n) is 1.30. The lowest BCUT2D eigenvalue weighted by Crippen LogP contribution is -2.12. The van der Waals surface area contributed by atoms with Crippen molar-refractivity contribution in [3.05, 3.63) is 24.3 Å². The molecule has 0 fully saturated rings. The van der Waals surface area contributed by atoms with Gasteiger partial charge in [0.15, 0.2) is 5.69 Å². The summed E-state index contributed by atoms with van der Waals surface area (Å²) in [5.41, 5.74) is 0.565. The normalized spacial score (nSPS) is 10.3. The average Bonchev–Trinajstić information content (AvgIpc) is 2.87. The van der Waals surface area contributed by atoms with Crippen molar-refractivity contribution in [3.63, 3.8) is 0 Å². The summed E-state index contributed by atoms with van der Waals surface area (Å²) >= 11 is 0. The van der Waals surface area contributed by atoms with E-state index in [1.165, 1.54) is 17.1 Å². The zero-order valence-electron chi connectivity index (χ0n) is 9.44. The van der Waals surface area contributed by atoms with E-state index in [9.17, 15) is 9.59 Å². The summed E-state index contributed by atoms with van der Waals surface area (Å²) in [6.07, 6.45) is 4.37. The second-order valence-electron chi connectivity index (χ2n) is 3.55. The zero-order chi connectivity index (χ0) is 13.1. The van der Waals surface area contributed by atoms with Gasteiger partial charge in [0.25, 0.3) is 5.91 Å². The lowest BCUT2D eigenvalue weighted by atomic mass is 10.4. The fourth-order valence-corrected chi connectivity index (χ4v) is 1.30. The molecule has 0 aliphatic rings. The lowest BCUT2D eigenvalue weighted by Gasteiger charge is -1.97. The van der Waals surface area contributed by atoms with Gasteiger partial charge in [0.1, 0.15) is 6.54 Å². The molecule has 1 amide bonds. The number of aromatic nitrogens is 5. The minimum absolute atomic E-state index is 0.0418. The van der Waals surface area contributed by atoms with E-state index in [0.717, 1.165) is 4.68 Å². The minimum Gasteiger partial charge on any atom is -0.480 e. The first-order valence-electron chi connectivity index (χ1n) is 4.96. The van der Waals surface area contributed by atoms with Gasteiger partial charge in [0, 0.05) is 13.2 Å². The molecule has 0 aliphatic heterocycles. The molecular formula is C9H10N6O3. The number of rotatable bonds is 4. The lowest BCUT2D eigenvalue weighted by molar-refractivity contribution is -0.137. The van der Waals surface area contributed by atoms with Crippen LogP contribution in [0.25, 0.3) is 0 Å². The molecule has 94 valence electrons. The second kappa shape index (κ2) is 4.65. The van der Waals surface area contributed by atoms with Crippen LogP contribution in [0.5, 0.6) is 0 Å². The van der Waals surface area contributed by atoms with Crippen molar-refractivity contribution in [2.24, 2.45) is 7.05 Å². The van der Waals surface area contributed by atoms with E-state index in [4.69, 9.17) is 5.11 Å². The molecule has 0 aliphatic carbocycles. The fraction of sp³-hybridized carbons (Fsp3) is 0.222. The van der Waals surface area contributed by atoms with Crippen molar-refractivity contribution in [3.8, 4) is 0 Å². The number of hydrogen-bond donors (Lipinski definition) is 2. The molecule has 0 radical (unpaired) electrons.